The predicted molar refractivity (Wildman–Crippen MR) is 100 cm³/mol. The van der Waals surface area contributed by atoms with Crippen LogP contribution in [0.4, 0.5) is 5.69 Å². The van der Waals surface area contributed by atoms with Crippen LogP contribution in [0.25, 0.3) is 5.65 Å². The van der Waals surface area contributed by atoms with Gasteiger partial charge in [-0.05, 0) is 35.7 Å². The van der Waals surface area contributed by atoms with E-state index in [1.165, 1.54) is 23.9 Å². The molecule has 0 spiro atoms. The van der Waals surface area contributed by atoms with E-state index in [4.69, 9.17) is 0 Å². The van der Waals surface area contributed by atoms with Crippen LogP contribution in [0.15, 0.2) is 53.8 Å². The lowest BCUT2D eigenvalue weighted by atomic mass is 10.0. The summed E-state index contributed by atoms with van der Waals surface area (Å²) in [7, 11) is -2.86. The van der Waals surface area contributed by atoms with Crippen molar-refractivity contribution >= 4 is 27.3 Å². The number of ether oxygens (including phenoxy) is 1. The number of benzene rings is 1. The summed E-state index contributed by atoms with van der Waals surface area (Å²) in [6, 6.07) is 10.1. The lowest BCUT2D eigenvalue weighted by Gasteiger charge is -2.24. The molecule has 3 rings (SSSR count). The molecular formula is C18H20N4O4S. The molecule has 9 heteroatoms. The number of anilines is 1. The van der Waals surface area contributed by atoms with Crippen LogP contribution in [0.5, 0.6) is 0 Å². The lowest BCUT2D eigenvalue weighted by Crippen LogP contribution is -2.36. The van der Waals surface area contributed by atoms with Gasteiger partial charge in [0.2, 0.25) is 0 Å². The van der Waals surface area contributed by atoms with Crippen LogP contribution >= 0.6 is 0 Å². The summed E-state index contributed by atoms with van der Waals surface area (Å²) in [4.78, 5) is 11.9. The van der Waals surface area contributed by atoms with Crippen molar-refractivity contribution in [3.8, 4) is 0 Å². The van der Waals surface area contributed by atoms with Crippen molar-refractivity contribution in [3.05, 3.63) is 54.5 Å². The van der Waals surface area contributed by atoms with Crippen molar-refractivity contribution in [1.29, 1.82) is 0 Å². The van der Waals surface area contributed by atoms with E-state index in [1.54, 1.807) is 24.4 Å². The number of rotatable bonds is 6. The first-order valence-corrected chi connectivity index (χ1v) is 9.76. The molecule has 2 heterocycles. The average Bonchev–Trinajstić information content (AvgIpc) is 3.14. The second-order valence-corrected chi connectivity index (χ2v) is 8.10. The minimum atomic E-state index is -4.08. The molecule has 0 fully saturated rings. The molecule has 0 N–H and O–H groups in total. The first kappa shape index (κ1) is 18.8. The van der Waals surface area contributed by atoms with Gasteiger partial charge in [-0.3, -0.25) is 13.5 Å². The fourth-order valence-corrected chi connectivity index (χ4v) is 4.21. The van der Waals surface area contributed by atoms with Gasteiger partial charge >= 0.3 is 5.97 Å². The zero-order valence-corrected chi connectivity index (χ0v) is 16.0. The number of fused-ring (bicyclic) bond motifs is 1. The van der Waals surface area contributed by atoms with Crippen LogP contribution in [0, 0.1) is 0 Å². The summed E-state index contributed by atoms with van der Waals surface area (Å²) >= 11 is 0. The standard InChI is InChI=1S/C18H20N4O4S/c1-13(2)14-6-8-15(9-7-14)22(11-17(23)26-3)27(24,25)16-5-4-10-21-12-19-20-18(16)21/h4-10,12-13H,11H2,1-3H3. The molecule has 0 radical (unpaired) electrons. The maximum absolute atomic E-state index is 13.4. The van der Waals surface area contributed by atoms with E-state index in [-0.39, 0.29) is 10.5 Å². The van der Waals surface area contributed by atoms with Gasteiger partial charge in [-0.1, -0.05) is 26.0 Å². The zero-order chi connectivity index (χ0) is 19.6. The highest BCUT2D eigenvalue weighted by Crippen LogP contribution is 2.27. The third kappa shape index (κ3) is 3.63. The Balaban J connectivity index is 2.11. The van der Waals surface area contributed by atoms with Crippen molar-refractivity contribution < 1.29 is 17.9 Å². The van der Waals surface area contributed by atoms with Crippen molar-refractivity contribution in [2.75, 3.05) is 18.0 Å². The molecule has 0 amide bonds. The number of carbonyl (C=O) groups is 1. The Morgan fingerprint density at radius 3 is 2.56 bits per heavy atom. The van der Waals surface area contributed by atoms with Crippen LogP contribution in [-0.2, 0) is 19.6 Å². The molecule has 3 aromatic rings. The summed E-state index contributed by atoms with van der Waals surface area (Å²) in [5.74, 6) is -0.366. The number of aromatic nitrogens is 3. The van der Waals surface area contributed by atoms with Gasteiger partial charge < -0.3 is 4.74 Å². The first-order valence-electron chi connectivity index (χ1n) is 8.32. The number of nitrogens with zero attached hydrogens (tertiary/aromatic N) is 4. The molecule has 8 nitrogen and oxygen atoms in total. The van der Waals surface area contributed by atoms with Crippen molar-refractivity contribution in [2.45, 2.75) is 24.7 Å². The van der Waals surface area contributed by atoms with Gasteiger partial charge in [0.25, 0.3) is 10.0 Å². The summed E-state index contributed by atoms with van der Waals surface area (Å²) < 4.78 is 33.9. The molecule has 2 aromatic heterocycles. The molecular weight excluding hydrogens is 368 g/mol. The second kappa shape index (κ2) is 7.36. The number of esters is 1. The Morgan fingerprint density at radius 2 is 1.93 bits per heavy atom. The zero-order valence-electron chi connectivity index (χ0n) is 15.2. The van der Waals surface area contributed by atoms with Gasteiger partial charge in [0.15, 0.2) is 5.65 Å². The summed E-state index contributed by atoms with van der Waals surface area (Å²) in [5.41, 5.74) is 1.62. The highest BCUT2D eigenvalue weighted by atomic mass is 32.2. The van der Waals surface area contributed by atoms with E-state index < -0.39 is 22.5 Å². The number of carbonyl (C=O) groups excluding carboxylic acids is 1. The second-order valence-electron chi connectivity index (χ2n) is 6.27. The average molecular weight is 388 g/mol. The van der Waals surface area contributed by atoms with Crippen LogP contribution in [-0.4, -0.2) is 42.6 Å². The maximum Gasteiger partial charge on any atom is 0.326 e. The van der Waals surface area contributed by atoms with Crippen LogP contribution in [0.2, 0.25) is 0 Å². The van der Waals surface area contributed by atoms with Crippen molar-refractivity contribution in [2.24, 2.45) is 0 Å². The van der Waals surface area contributed by atoms with E-state index in [0.29, 0.717) is 11.6 Å². The van der Waals surface area contributed by atoms with Crippen molar-refractivity contribution in [3.63, 3.8) is 0 Å². The molecule has 0 aliphatic carbocycles. The number of pyridine rings is 1. The van der Waals surface area contributed by atoms with Crippen LogP contribution in [0.1, 0.15) is 25.3 Å². The SMILES string of the molecule is COC(=O)CN(c1ccc(C(C)C)cc1)S(=O)(=O)c1cccn2cnnc12. The number of hydrogen-bond donors (Lipinski definition) is 0. The Labute approximate surface area is 157 Å². The minimum absolute atomic E-state index is 0.0423. The smallest absolute Gasteiger partial charge is 0.326 e. The molecule has 0 saturated heterocycles. The molecule has 0 aliphatic rings. The lowest BCUT2D eigenvalue weighted by molar-refractivity contribution is -0.138. The highest BCUT2D eigenvalue weighted by molar-refractivity contribution is 7.93. The highest BCUT2D eigenvalue weighted by Gasteiger charge is 2.30. The number of hydrogen-bond acceptors (Lipinski definition) is 6. The van der Waals surface area contributed by atoms with Crippen LogP contribution < -0.4 is 4.31 Å². The summed E-state index contributed by atoms with van der Waals surface area (Å²) in [5, 5.41) is 7.64. The van der Waals surface area contributed by atoms with Gasteiger partial charge in [-0.15, -0.1) is 10.2 Å². The minimum Gasteiger partial charge on any atom is -0.468 e. The monoisotopic (exact) mass is 388 g/mol. The molecule has 142 valence electrons. The third-order valence-corrected chi connectivity index (χ3v) is 6.00. The van der Waals surface area contributed by atoms with Gasteiger partial charge in [0.05, 0.1) is 12.8 Å². The maximum atomic E-state index is 13.4. The van der Waals surface area contributed by atoms with Gasteiger partial charge in [-0.2, -0.15) is 0 Å². The Bertz CT molecular complexity index is 1060. The van der Waals surface area contributed by atoms with Gasteiger partial charge in [-0.25, -0.2) is 8.42 Å². The molecule has 0 aliphatic heterocycles. The number of sulfonamides is 1. The Hall–Kier alpha value is -2.94. The van der Waals surface area contributed by atoms with E-state index in [2.05, 4.69) is 14.9 Å². The topological polar surface area (TPSA) is 93.9 Å². The number of methoxy groups -OCH3 is 1. The molecule has 27 heavy (non-hydrogen) atoms. The largest absolute Gasteiger partial charge is 0.468 e. The molecule has 1 aromatic carbocycles. The third-order valence-electron chi connectivity index (χ3n) is 4.20. The van der Waals surface area contributed by atoms with E-state index >= 15 is 0 Å². The molecule has 0 atom stereocenters. The fraction of sp³-hybridized carbons (Fsp3) is 0.278. The summed E-state index contributed by atoms with van der Waals surface area (Å²) in [6.07, 6.45) is 3.06. The van der Waals surface area contributed by atoms with E-state index in [9.17, 15) is 13.2 Å². The van der Waals surface area contributed by atoms with Crippen LogP contribution in [0.3, 0.4) is 0 Å². The fourth-order valence-electron chi connectivity index (χ4n) is 2.67. The summed E-state index contributed by atoms with van der Waals surface area (Å²) in [6.45, 7) is 3.64. The van der Waals surface area contributed by atoms with Gasteiger partial charge in [0, 0.05) is 6.20 Å². The van der Waals surface area contributed by atoms with E-state index in [1.807, 2.05) is 26.0 Å². The van der Waals surface area contributed by atoms with Gasteiger partial charge in [0.1, 0.15) is 17.8 Å². The predicted octanol–water partition coefficient (Wildman–Crippen LogP) is 2.22. The normalized spacial score (nSPS) is 11.7. The van der Waals surface area contributed by atoms with Crippen molar-refractivity contribution in [1.82, 2.24) is 14.6 Å². The first-order chi connectivity index (χ1) is 12.8. The molecule has 0 unspecified atom stereocenters. The Kier molecular flexibility index (Phi) is 5.13. The molecule has 0 bridgehead atoms. The quantitative estimate of drug-likeness (QED) is 0.601. The molecule has 0 saturated carbocycles. The Morgan fingerprint density at radius 1 is 1.22 bits per heavy atom. The van der Waals surface area contributed by atoms with E-state index in [0.717, 1.165) is 9.87 Å².